The van der Waals surface area contributed by atoms with Gasteiger partial charge in [0.15, 0.2) is 10.5 Å². The van der Waals surface area contributed by atoms with Gasteiger partial charge in [-0.1, -0.05) is 0 Å². The van der Waals surface area contributed by atoms with Gasteiger partial charge in [-0.05, 0) is 6.92 Å². The molecule has 11 heavy (non-hydrogen) atoms. The van der Waals surface area contributed by atoms with Crippen LogP contribution in [0.15, 0.2) is 17.6 Å². The van der Waals surface area contributed by atoms with Crippen molar-refractivity contribution in [2.24, 2.45) is 0 Å². The summed E-state index contributed by atoms with van der Waals surface area (Å²) in [7, 11) is -3.60. The summed E-state index contributed by atoms with van der Waals surface area (Å²) in [5, 5.41) is 8.75. The predicted octanol–water partition coefficient (Wildman–Crippen LogP) is -0.478. The summed E-state index contributed by atoms with van der Waals surface area (Å²) in [5.74, 6) is 0. The SMILES string of the molecule is CC(O)S(=O)(=O)c1cnc[nH]1. The number of nitrogens with one attached hydrogen (secondary N) is 1. The summed E-state index contributed by atoms with van der Waals surface area (Å²) in [4.78, 5) is 5.92. The van der Waals surface area contributed by atoms with Gasteiger partial charge in [0.05, 0.1) is 12.5 Å². The Balaban J connectivity index is 3.12. The largest absolute Gasteiger partial charge is 0.377 e. The summed E-state index contributed by atoms with van der Waals surface area (Å²) in [6, 6.07) is 0. The first-order valence-corrected chi connectivity index (χ1v) is 4.50. The van der Waals surface area contributed by atoms with Gasteiger partial charge in [-0.25, -0.2) is 13.4 Å². The van der Waals surface area contributed by atoms with E-state index in [4.69, 9.17) is 5.11 Å². The molecule has 0 aliphatic rings. The maximum atomic E-state index is 11.1. The van der Waals surface area contributed by atoms with Crippen molar-refractivity contribution < 1.29 is 13.5 Å². The van der Waals surface area contributed by atoms with Crippen molar-refractivity contribution in [3.05, 3.63) is 12.5 Å². The Bertz CT molecular complexity index is 314. The number of hydrogen-bond acceptors (Lipinski definition) is 4. The molecule has 1 unspecified atom stereocenters. The Morgan fingerprint density at radius 3 is 2.73 bits per heavy atom. The van der Waals surface area contributed by atoms with Crippen LogP contribution < -0.4 is 0 Å². The fourth-order valence-electron chi connectivity index (χ4n) is 0.582. The number of imidazole rings is 1. The summed E-state index contributed by atoms with van der Waals surface area (Å²) in [6.45, 7) is 1.19. The van der Waals surface area contributed by atoms with Crippen molar-refractivity contribution in [3.8, 4) is 0 Å². The Morgan fingerprint density at radius 2 is 2.36 bits per heavy atom. The van der Waals surface area contributed by atoms with E-state index in [1.165, 1.54) is 13.3 Å². The monoisotopic (exact) mass is 176 g/mol. The minimum Gasteiger partial charge on any atom is -0.377 e. The number of nitrogens with zero attached hydrogens (tertiary/aromatic N) is 1. The second kappa shape index (κ2) is 2.63. The quantitative estimate of drug-likeness (QED) is 0.637. The van der Waals surface area contributed by atoms with Gasteiger partial charge in [-0.3, -0.25) is 0 Å². The van der Waals surface area contributed by atoms with Crippen LogP contribution >= 0.6 is 0 Å². The first kappa shape index (κ1) is 8.22. The second-order valence-corrected chi connectivity index (χ2v) is 4.27. The van der Waals surface area contributed by atoms with E-state index in [2.05, 4.69) is 9.97 Å². The van der Waals surface area contributed by atoms with Crippen molar-refractivity contribution >= 4 is 9.84 Å². The van der Waals surface area contributed by atoms with Crippen LogP contribution in [0.3, 0.4) is 0 Å². The molecule has 0 saturated carbocycles. The Hall–Kier alpha value is -0.880. The average molecular weight is 176 g/mol. The van der Waals surface area contributed by atoms with E-state index < -0.39 is 15.3 Å². The Morgan fingerprint density at radius 1 is 1.73 bits per heavy atom. The van der Waals surface area contributed by atoms with Gasteiger partial charge in [0.1, 0.15) is 0 Å². The molecular formula is C5H8N2O3S. The van der Waals surface area contributed by atoms with E-state index in [9.17, 15) is 8.42 Å². The van der Waals surface area contributed by atoms with Gasteiger partial charge < -0.3 is 10.1 Å². The van der Waals surface area contributed by atoms with Crippen molar-refractivity contribution in [1.29, 1.82) is 0 Å². The number of aliphatic hydroxyl groups is 1. The summed E-state index contributed by atoms with van der Waals surface area (Å²) in [5.41, 5.74) is -1.40. The van der Waals surface area contributed by atoms with Crippen molar-refractivity contribution in [1.82, 2.24) is 9.97 Å². The molecular weight excluding hydrogens is 168 g/mol. The van der Waals surface area contributed by atoms with E-state index in [-0.39, 0.29) is 5.03 Å². The van der Waals surface area contributed by atoms with Crippen LogP contribution in [0, 0.1) is 0 Å². The molecule has 1 heterocycles. The molecule has 0 aromatic carbocycles. The number of aliphatic hydroxyl groups excluding tert-OH is 1. The second-order valence-electron chi connectivity index (χ2n) is 2.06. The first-order valence-electron chi connectivity index (χ1n) is 2.95. The maximum Gasteiger partial charge on any atom is 0.221 e. The standard InChI is InChI=1S/C5H8N2O3S/c1-4(8)11(9,10)5-2-6-3-7-5/h2-4,8H,1H3,(H,6,7). The van der Waals surface area contributed by atoms with Gasteiger partial charge in [-0.2, -0.15) is 0 Å². The number of hydrogen-bond donors (Lipinski definition) is 2. The highest BCUT2D eigenvalue weighted by Crippen LogP contribution is 2.09. The highest BCUT2D eigenvalue weighted by atomic mass is 32.2. The van der Waals surface area contributed by atoms with Crippen LogP contribution in [0.1, 0.15) is 6.92 Å². The fraction of sp³-hybridized carbons (Fsp3) is 0.400. The molecule has 5 nitrogen and oxygen atoms in total. The minimum absolute atomic E-state index is 0.0625. The predicted molar refractivity (Wildman–Crippen MR) is 37.5 cm³/mol. The van der Waals surface area contributed by atoms with E-state index in [1.54, 1.807) is 0 Å². The lowest BCUT2D eigenvalue weighted by molar-refractivity contribution is 0.268. The van der Waals surface area contributed by atoms with Gasteiger partial charge in [0.2, 0.25) is 9.84 Å². The van der Waals surface area contributed by atoms with Crippen LogP contribution in [-0.4, -0.2) is 28.9 Å². The third-order valence-electron chi connectivity index (χ3n) is 1.23. The molecule has 0 bridgehead atoms. The normalized spacial score (nSPS) is 14.7. The van der Waals surface area contributed by atoms with Crippen molar-refractivity contribution in [2.75, 3.05) is 0 Å². The van der Waals surface area contributed by atoms with Crippen molar-refractivity contribution in [2.45, 2.75) is 17.4 Å². The molecule has 0 amide bonds. The van der Waals surface area contributed by atoms with E-state index in [0.717, 1.165) is 6.20 Å². The number of aromatic amines is 1. The lowest BCUT2D eigenvalue weighted by Gasteiger charge is -2.02. The molecule has 2 N–H and O–H groups in total. The summed E-state index contributed by atoms with van der Waals surface area (Å²) in [6.07, 6.45) is 2.40. The average Bonchev–Trinajstić information content (AvgIpc) is 2.37. The van der Waals surface area contributed by atoms with Crippen LogP contribution in [0.25, 0.3) is 0 Å². The van der Waals surface area contributed by atoms with E-state index in [0.29, 0.717) is 0 Å². The molecule has 0 radical (unpaired) electrons. The van der Waals surface area contributed by atoms with Crippen LogP contribution in [0.4, 0.5) is 0 Å². The number of H-pyrrole nitrogens is 1. The highest BCUT2D eigenvalue weighted by molar-refractivity contribution is 7.91. The van der Waals surface area contributed by atoms with Gasteiger partial charge >= 0.3 is 0 Å². The third-order valence-corrected chi connectivity index (χ3v) is 2.96. The molecule has 0 aliphatic heterocycles. The molecule has 62 valence electrons. The molecule has 0 fully saturated rings. The number of aromatic nitrogens is 2. The van der Waals surface area contributed by atoms with Crippen LogP contribution in [0.2, 0.25) is 0 Å². The summed E-state index contributed by atoms with van der Waals surface area (Å²) >= 11 is 0. The Labute approximate surface area is 64.0 Å². The molecule has 0 saturated heterocycles. The third kappa shape index (κ3) is 1.41. The molecule has 6 heteroatoms. The van der Waals surface area contributed by atoms with Crippen LogP contribution in [0.5, 0.6) is 0 Å². The lowest BCUT2D eigenvalue weighted by Crippen LogP contribution is -2.17. The molecule has 1 aromatic rings. The van der Waals surface area contributed by atoms with E-state index >= 15 is 0 Å². The molecule has 1 aromatic heterocycles. The van der Waals surface area contributed by atoms with Crippen LogP contribution in [-0.2, 0) is 9.84 Å². The van der Waals surface area contributed by atoms with Gasteiger partial charge in [-0.15, -0.1) is 0 Å². The highest BCUT2D eigenvalue weighted by Gasteiger charge is 2.21. The number of sulfone groups is 1. The topological polar surface area (TPSA) is 83.0 Å². The molecule has 1 rings (SSSR count). The van der Waals surface area contributed by atoms with Crippen molar-refractivity contribution in [3.63, 3.8) is 0 Å². The van der Waals surface area contributed by atoms with Gasteiger partial charge in [0.25, 0.3) is 0 Å². The lowest BCUT2D eigenvalue weighted by atomic mass is 10.9. The van der Waals surface area contributed by atoms with E-state index in [1.807, 2.05) is 0 Å². The Kier molecular flexibility index (Phi) is 1.97. The minimum atomic E-state index is -3.60. The number of rotatable bonds is 2. The molecule has 0 spiro atoms. The summed E-state index contributed by atoms with van der Waals surface area (Å²) < 4.78 is 22.1. The zero-order chi connectivity index (χ0) is 8.48. The maximum absolute atomic E-state index is 11.1. The smallest absolute Gasteiger partial charge is 0.221 e. The first-order chi connectivity index (χ1) is 5.05. The molecule has 0 aliphatic carbocycles. The zero-order valence-electron chi connectivity index (χ0n) is 5.85. The zero-order valence-corrected chi connectivity index (χ0v) is 6.67. The molecule has 1 atom stereocenters. The van der Waals surface area contributed by atoms with Gasteiger partial charge in [0, 0.05) is 0 Å². The fourth-order valence-corrected chi connectivity index (χ4v) is 1.37.